The number of primary amides is 1. The molecule has 6 nitrogen and oxygen atoms in total. The maximum absolute atomic E-state index is 10.6. The quantitative estimate of drug-likeness (QED) is 0.647. The Hall–Kier alpha value is -1.66. The summed E-state index contributed by atoms with van der Waals surface area (Å²) < 4.78 is 7.11. The van der Waals surface area contributed by atoms with E-state index < -0.39 is 5.91 Å². The van der Waals surface area contributed by atoms with Crippen LogP contribution in [0.25, 0.3) is 11.2 Å². The van der Waals surface area contributed by atoms with Crippen molar-refractivity contribution in [2.45, 2.75) is 25.8 Å². The molecule has 0 spiro atoms. The van der Waals surface area contributed by atoms with Crippen LogP contribution in [0.15, 0.2) is 12.3 Å². The largest absolute Gasteiger partial charge is 0.370 e. The lowest BCUT2D eigenvalue weighted by molar-refractivity contribution is -0.122. The van der Waals surface area contributed by atoms with Crippen molar-refractivity contribution in [3.8, 4) is 0 Å². The number of hydrogen-bond acceptors (Lipinski definition) is 4. The van der Waals surface area contributed by atoms with Crippen molar-refractivity contribution in [3.63, 3.8) is 0 Å². The molecule has 2 heterocycles. The Bertz CT molecular complexity index is 624. The zero-order valence-corrected chi connectivity index (χ0v) is 12.2. The highest BCUT2D eigenvalue weighted by Gasteiger charge is 2.16. The van der Waals surface area contributed by atoms with Crippen molar-refractivity contribution in [2.24, 2.45) is 5.73 Å². The number of fused-ring (bicyclic) bond motifs is 1. The van der Waals surface area contributed by atoms with Gasteiger partial charge in [0, 0.05) is 12.7 Å². The summed E-state index contributed by atoms with van der Waals surface area (Å²) in [4.78, 5) is 19.5. The van der Waals surface area contributed by atoms with Crippen molar-refractivity contribution in [1.29, 1.82) is 0 Å². The molecule has 1 amide bonds. The molecule has 0 saturated carbocycles. The van der Waals surface area contributed by atoms with E-state index in [1.54, 1.807) is 6.20 Å². The van der Waals surface area contributed by atoms with Gasteiger partial charge in [0.05, 0.1) is 12.0 Å². The molecule has 0 aliphatic heterocycles. The van der Waals surface area contributed by atoms with E-state index in [4.69, 9.17) is 22.1 Å². The fraction of sp³-hybridized carbons (Fsp3) is 0.462. The number of carbonyl (C=O) groups is 1. The summed E-state index contributed by atoms with van der Waals surface area (Å²) in [6.07, 6.45) is 1.74. The number of alkyl halides is 1. The third kappa shape index (κ3) is 3.08. The van der Waals surface area contributed by atoms with Crippen LogP contribution in [-0.4, -0.2) is 33.7 Å². The Balaban J connectivity index is 2.27. The number of halogens is 1. The first kappa shape index (κ1) is 14.7. The number of pyridine rings is 1. The van der Waals surface area contributed by atoms with Crippen molar-refractivity contribution in [1.82, 2.24) is 14.5 Å². The third-order valence-corrected chi connectivity index (χ3v) is 3.12. The molecule has 0 fully saturated rings. The molecule has 0 bridgehead atoms. The fourth-order valence-electron chi connectivity index (χ4n) is 2.01. The number of aromatic nitrogens is 3. The molecule has 108 valence electrons. The molecule has 20 heavy (non-hydrogen) atoms. The van der Waals surface area contributed by atoms with Crippen molar-refractivity contribution in [2.75, 3.05) is 13.2 Å². The number of imidazole rings is 1. The van der Waals surface area contributed by atoms with Gasteiger partial charge in [0.25, 0.3) is 0 Å². The third-order valence-electron chi connectivity index (χ3n) is 2.92. The summed E-state index contributed by atoms with van der Waals surface area (Å²) in [5.41, 5.74) is 7.68. The second kappa shape index (κ2) is 6.19. The number of aryl methyl sites for hydroxylation is 1. The Morgan fingerprint density at radius 2 is 2.35 bits per heavy atom. The zero-order valence-electron chi connectivity index (χ0n) is 11.5. The predicted molar refractivity (Wildman–Crippen MR) is 76.5 cm³/mol. The molecule has 0 aliphatic carbocycles. The van der Waals surface area contributed by atoms with Gasteiger partial charge in [-0.2, -0.15) is 0 Å². The SMILES string of the molecule is Cc1ccnc2c1nc(C(C)Cl)n2CCOCC(N)=O. The number of nitrogens with two attached hydrogens (primary N) is 1. The first-order valence-corrected chi connectivity index (χ1v) is 6.76. The van der Waals surface area contributed by atoms with Crippen LogP contribution in [0.2, 0.25) is 0 Å². The molecule has 0 aromatic carbocycles. The Morgan fingerprint density at radius 1 is 1.60 bits per heavy atom. The zero-order chi connectivity index (χ0) is 14.7. The van der Waals surface area contributed by atoms with Gasteiger partial charge in [-0.25, -0.2) is 9.97 Å². The number of amides is 1. The van der Waals surface area contributed by atoms with Gasteiger partial charge in [0.15, 0.2) is 5.65 Å². The van der Waals surface area contributed by atoms with Crippen LogP contribution in [-0.2, 0) is 16.1 Å². The minimum atomic E-state index is -0.486. The van der Waals surface area contributed by atoms with Gasteiger partial charge in [0.2, 0.25) is 5.91 Å². The van der Waals surface area contributed by atoms with Crippen LogP contribution in [0.4, 0.5) is 0 Å². The predicted octanol–water partition coefficient (Wildman–Crippen LogP) is 1.54. The van der Waals surface area contributed by atoms with E-state index in [1.807, 2.05) is 24.5 Å². The van der Waals surface area contributed by atoms with E-state index in [-0.39, 0.29) is 12.0 Å². The van der Waals surface area contributed by atoms with Crippen LogP contribution in [0.3, 0.4) is 0 Å². The molecule has 1 atom stereocenters. The van der Waals surface area contributed by atoms with Gasteiger partial charge in [-0.15, -0.1) is 11.6 Å². The molecule has 2 aromatic rings. The monoisotopic (exact) mass is 296 g/mol. The number of carbonyl (C=O) groups excluding carboxylic acids is 1. The Kier molecular flexibility index (Phi) is 4.57. The van der Waals surface area contributed by atoms with E-state index in [9.17, 15) is 4.79 Å². The topological polar surface area (TPSA) is 83.0 Å². The average Bonchev–Trinajstić information content (AvgIpc) is 2.75. The molecule has 7 heteroatoms. The van der Waals surface area contributed by atoms with Gasteiger partial charge in [-0.05, 0) is 25.5 Å². The Labute approximate surface area is 121 Å². The van der Waals surface area contributed by atoms with E-state index in [1.165, 1.54) is 0 Å². The van der Waals surface area contributed by atoms with Crippen molar-refractivity contribution < 1.29 is 9.53 Å². The molecule has 0 radical (unpaired) electrons. The van der Waals surface area contributed by atoms with Gasteiger partial charge < -0.3 is 15.0 Å². The lowest BCUT2D eigenvalue weighted by Gasteiger charge is -2.09. The normalized spacial score (nSPS) is 12.8. The van der Waals surface area contributed by atoms with E-state index in [2.05, 4.69) is 9.97 Å². The highest BCUT2D eigenvalue weighted by atomic mass is 35.5. The first-order chi connectivity index (χ1) is 9.50. The second-order valence-electron chi connectivity index (χ2n) is 4.56. The van der Waals surface area contributed by atoms with Gasteiger partial charge in [-0.3, -0.25) is 4.79 Å². The number of hydrogen-bond donors (Lipinski definition) is 1. The summed E-state index contributed by atoms with van der Waals surface area (Å²) in [6, 6.07) is 1.91. The van der Waals surface area contributed by atoms with Gasteiger partial charge in [0.1, 0.15) is 17.9 Å². The average molecular weight is 297 g/mol. The lowest BCUT2D eigenvalue weighted by Crippen LogP contribution is -2.20. The molecular formula is C13H17ClN4O2. The molecular weight excluding hydrogens is 280 g/mol. The summed E-state index contributed by atoms with van der Waals surface area (Å²) in [5.74, 6) is 0.256. The first-order valence-electron chi connectivity index (χ1n) is 6.32. The number of nitrogens with zero attached hydrogens (tertiary/aromatic N) is 3. The molecule has 2 aromatic heterocycles. The minimum absolute atomic E-state index is 0.0924. The van der Waals surface area contributed by atoms with Crippen molar-refractivity contribution >= 4 is 28.7 Å². The summed E-state index contributed by atoms with van der Waals surface area (Å²) >= 11 is 6.17. The van der Waals surface area contributed by atoms with Crippen molar-refractivity contribution in [3.05, 3.63) is 23.7 Å². The smallest absolute Gasteiger partial charge is 0.243 e. The van der Waals surface area contributed by atoms with E-state index in [0.29, 0.717) is 13.2 Å². The summed E-state index contributed by atoms with van der Waals surface area (Å²) in [5, 5.41) is -0.236. The number of rotatable bonds is 6. The van der Waals surface area contributed by atoms with Crippen LogP contribution >= 0.6 is 11.6 Å². The summed E-state index contributed by atoms with van der Waals surface area (Å²) in [7, 11) is 0. The highest BCUT2D eigenvalue weighted by molar-refractivity contribution is 6.20. The summed E-state index contributed by atoms with van der Waals surface area (Å²) in [6.45, 7) is 4.62. The molecule has 1 unspecified atom stereocenters. The van der Waals surface area contributed by atoms with Gasteiger partial charge in [-0.1, -0.05) is 0 Å². The minimum Gasteiger partial charge on any atom is -0.370 e. The Morgan fingerprint density at radius 3 is 3.00 bits per heavy atom. The van der Waals surface area contributed by atoms with Crippen LogP contribution in [0, 0.1) is 6.92 Å². The van der Waals surface area contributed by atoms with Crippen LogP contribution in [0.5, 0.6) is 0 Å². The maximum atomic E-state index is 10.6. The van der Waals surface area contributed by atoms with Crippen LogP contribution in [0.1, 0.15) is 23.7 Å². The molecule has 0 saturated heterocycles. The second-order valence-corrected chi connectivity index (χ2v) is 5.21. The molecule has 2 N–H and O–H groups in total. The van der Waals surface area contributed by atoms with E-state index >= 15 is 0 Å². The number of ether oxygens (including phenoxy) is 1. The highest BCUT2D eigenvalue weighted by Crippen LogP contribution is 2.24. The standard InChI is InChI=1S/C13H17ClN4O2/c1-8-3-4-16-13-11(8)17-12(9(2)14)18(13)5-6-20-7-10(15)19/h3-4,9H,5-7H2,1-2H3,(H2,15,19). The van der Waals surface area contributed by atoms with E-state index in [0.717, 1.165) is 22.6 Å². The van der Waals surface area contributed by atoms with Gasteiger partial charge >= 0.3 is 0 Å². The van der Waals surface area contributed by atoms with Crippen LogP contribution < -0.4 is 5.73 Å². The lowest BCUT2D eigenvalue weighted by atomic mass is 10.3. The molecule has 2 rings (SSSR count). The molecule has 0 aliphatic rings. The maximum Gasteiger partial charge on any atom is 0.243 e. The fourth-order valence-corrected chi connectivity index (χ4v) is 2.17.